The summed E-state index contributed by atoms with van der Waals surface area (Å²) < 4.78 is 2.01. The molecule has 0 saturated heterocycles. The molecule has 1 saturated carbocycles. The van der Waals surface area contributed by atoms with E-state index in [0.717, 1.165) is 17.2 Å². The average Bonchev–Trinajstić information content (AvgIpc) is 2.95. The Hall–Kier alpha value is -1.49. The fourth-order valence-electron chi connectivity index (χ4n) is 2.86. The number of hydrogen-bond acceptors (Lipinski definition) is 3. The van der Waals surface area contributed by atoms with E-state index in [1.807, 2.05) is 35.0 Å². The smallest absolute Gasteiger partial charge is 0.230 e. The van der Waals surface area contributed by atoms with Crippen LogP contribution in [-0.4, -0.2) is 27.6 Å². The number of nitrogens with one attached hydrogen (secondary N) is 1. The van der Waals surface area contributed by atoms with Gasteiger partial charge in [-0.1, -0.05) is 37.1 Å². The van der Waals surface area contributed by atoms with Crippen LogP contribution in [0.4, 0.5) is 0 Å². The van der Waals surface area contributed by atoms with Crippen LogP contribution in [0.5, 0.6) is 0 Å². The number of thioether (sulfide) groups is 1. The second-order valence-electron chi connectivity index (χ2n) is 5.63. The normalized spacial score (nSPS) is 16.2. The summed E-state index contributed by atoms with van der Waals surface area (Å²) in [5.74, 6) is 1.22. The molecule has 5 heteroatoms. The Balaban J connectivity index is 1.47. The lowest BCUT2D eigenvalue weighted by atomic mass is 9.89. The molecule has 2 aromatic rings. The molecular weight excluding hydrogens is 282 g/mol. The minimum atomic E-state index is 0.109. The number of nitrogens with zero attached hydrogens (tertiary/aromatic N) is 2. The fraction of sp³-hybridized carbons (Fsp3) is 0.500. The van der Waals surface area contributed by atoms with Gasteiger partial charge in [0.2, 0.25) is 5.91 Å². The van der Waals surface area contributed by atoms with Crippen LogP contribution in [0.3, 0.4) is 0 Å². The van der Waals surface area contributed by atoms with Gasteiger partial charge in [0.05, 0.1) is 17.5 Å². The Morgan fingerprint density at radius 2 is 2.19 bits per heavy atom. The summed E-state index contributed by atoms with van der Waals surface area (Å²) in [7, 11) is 0. The first-order valence-electron chi connectivity index (χ1n) is 7.64. The Labute approximate surface area is 129 Å². The van der Waals surface area contributed by atoms with Crippen molar-refractivity contribution in [1.29, 1.82) is 0 Å². The van der Waals surface area contributed by atoms with Crippen LogP contribution in [0.2, 0.25) is 0 Å². The minimum Gasteiger partial charge on any atom is -0.355 e. The van der Waals surface area contributed by atoms with Gasteiger partial charge in [0.1, 0.15) is 0 Å². The van der Waals surface area contributed by atoms with Gasteiger partial charge in [-0.05, 0) is 30.9 Å². The van der Waals surface area contributed by atoms with Crippen molar-refractivity contribution in [3.05, 3.63) is 30.6 Å². The molecule has 0 aromatic carbocycles. The number of imidazole rings is 1. The van der Waals surface area contributed by atoms with Gasteiger partial charge in [0.25, 0.3) is 0 Å². The Kier molecular flexibility index (Phi) is 4.80. The number of carbonyl (C=O) groups excluding carboxylic acids is 1. The van der Waals surface area contributed by atoms with E-state index in [4.69, 9.17) is 0 Å². The van der Waals surface area contributed by atoms with Crippen LogP contribution in [0.1, 0.15) is 32.1 Å². The summed E-state index contributed by atoms with van der Waals surface area (Å²) in [4.78, 5) is 16.3. The van der Waals surface area contributed by atoms with Gasteiger partial charge < -0.3 is 5.32 Å². The maximum absolute atomic E-state index is 11.9. The number of aromatic nitrogens is 2. The van der Waals surface area contributed by atoms with Gasteiger partial charge >= 0.3 is 0 Å². The molecule has 0 radical (unpaired) electrons. The third kappa shape index (κ3) is 3.79. The summed E-state index contributed by atoms with van der Waals surface area (Å²) in [6.45, 7) is 0.835. The molecule has 0 atom stereocenters. The van der Waals surface area contributed by atoms with Gasteiger partial charge in [-0.15, -0.1) is 0 Å². The quantitative estimate of drug-likeness (QED) is 0.863. The van der Waals surface area contributed by atoms with E-state index >= 15 is 0 Å². The Morgan fingerprint density at radius 1 is 1.33 bits per heavy atom. The Morgan fingerprint density at radius 3 is 3.05 bits per heavy atom. The lowest BCUT2D eigenvalue weighted by Crippen LogP contribution is -2.31. The minimum absolute atomic E-state index is 0.109. The Bertz CT molecular complexity index is 604. The predicted molar refractivity (Wildman–Crippen MR) is 85.5 cm³/mol. The SMILES string of the molecule is O=C(CSc1ncc2ccccn12)NCC1CCCCC1. The van der Waals surface area contributed by atoms with E-state index in [-0.39, 0.29) is 5.91 Å². The second kappa shape index (κ2) is 6.98. The first-order chi connectivity index (χ1) is 10.3. The highest BCUT2D eigenvalue weighted by atomic mass is 32.2. The number of rotatable bonds is 5. The first kappa shape index (κ1) is 14.4. The van der Waals surface area contributed by atoms with Crippen LogP contribution in [-0.2, 0) is 4.79 Å². The summed E-state index contributed by atoms with van der Waals surface area (Å²) in [6, 6.07) is 5.98. The number of hydrogen-bond donors (Lipinski definition) is 1. The highest BCUT2D eigenvalue weighted by molar-refractivity contribution is 7.99. The van der Waals surface area contributed by atoms with E-state index in [0.29, 0.717) is 11.7 Å². The van der Waals surface area contributed by atoms with Crippen LogP contribution in [0, 0.1) is 5.92 Å². The lowest BCUT2D eigenvalue weighted by molar-refractivity contribution is -0.118. The lowest BCUT2D eigenvalue weighted by Gasteiger charge is -2.21. The van der Waals surface area contributed by atoms with E-state index in [2.05, 4.69) is 10.3 Å². The van der Waals surface area contributed by atoms with Crippen molar-refractivity contribution < 1.29 is 4.79 Å². The van der Waals surface area contributed by atoms with Gasteiger partial charge in [0, 0.05) is 12.7 Å². The van der Waals surface area contributed by atoms with Crippen molar-refractivity contribution in [3.8, 4) is 0 Å². The fourth-order valence-corrected chi connectivity index (χ4v) is 3.65. The molecule has 1 N–H and O–H groups in total. The molecule has 1 aliphatic rings. The number of pyridine rings is 1. The van der Waals surface area contributed by atoms with Crippen LogP contribution in [0.15, 0.2) is 35.7 Å². The molecule has 0 spiro atoms. The zero-order chi connectivity index (χ0) is 14.5. The van der Waals surface area contributed by atoms with Crippen molar-refractivity contribution in [1.82, 2.24) is 14.7 Å². The van der Waals surface area contributed by atoms with E-state index in [9.17, 15) is 4.79 Å². The third-order valence-corrected chi connectivity index (χ3v) is 5.02. The molecule has 0 bridgehead atoms. The zero-order valence-corrected chi connectivity index (χ0v) is 12.9. The third-order valence-electron chi connectivity index (χ3n) is 4.05. The molecule has 1 aliphatic carbocycles. The molecule has 112 valence electrons. The summed E-state index contributed by atoms with van der Waals surface area (Å²) in [6.07, 6.45) is 10.3. The van der Waals surface area contributed by atoms with Crippen molar-refractivity contribution >= 4 is 23.2 Å². The summed E-state index contributed by atoms with van der Waals surface area (Å²) in [5, 5.41) is 3.94. The standard InChI is InChI=1S/C16H21N3OS/c20-15(17-10-13-6-2-1-3-7-13)12-21-16-18-11-14-8-4-5-9-19(14)16/h4-5,8-9,11,13H,1-3,6-7,10,12H2,(H,17,20). The molecule has 0 unspecified atom stereocenters. The predicted octanol–water partition coefficient (Wildman–Crippen LogP) is 3.12. The zero-order valence-electron chi connectivity index (χ0n) is 12.1. The molecule has 0 aliphatic heterocycles. The van der Waals surface area contributed by atoms with Gasteiger partial charge in [0.15, 0.2) is 5.16 Å². The molecule has 3 rings (SSSR count). The first-order valence-corrected chi connectivity index (χ1v) is 8.63. The molecular formula is C16H21N3OS. The van der Waals surface area contributed by atoms with Crippen LogP contribution >= 0.6 is 11.8 Å². The second-order valence-corrected chi connectivity index (χ2v) is 6.58. The van der Waals surface area contributed by atoms with Gasteiger partial charge in [-0.25, -0.2) is 4.98 Å². The molecule has 2 aromatic heterocycles. The maximum atomic E-state index is 11.9. The summed E-state index contributed by atoms with van der Waals surface area (Å²) in [5.41, 5.74) is 1.06. The topological polar surface area (TPSA) is 46.4 Å². The summed E-state index contributed by atoms with van der Waals surface area (Å²) >= 11 is 1.49. The number of amides is 1. The highest BCUT2D eigenvalue weighted by Gasteiger charge is 2.14. The van der Waals surface area contributed by atoms with Crippen molar-refractivity contribution in [2.75, 3.05) is 12.3 Å². The molecule has 1 amide bonds. The van der Waals surface area contributed by atoms with Crippen molar-refractivity contribution in [2.45, 2.75) is 37.3 Å². The molecule has 1 fully saturated rings. The van der Waals surface area contributed by atoms with E-state index in [1.165, 1.54) is 43.9 Å². The highest BCUT2D eigenvalue weighted by Crippen LogP contribution is 2.23. The molecule has 2 heterocycles. The number of fused-ring (bicyclic) bond motifs is 1. The monoisotopic (exact) mass is 303 g/mol. The van der Waals surface area contributed by atoms with Gasteiger partial charge in [-0.3, -0.25) is 9.20 Å². The number of carbonyl (C=O) groups is 1. The van der Waals surface area contributed by atoms with Crippen LogP contribution < -0.4 is 5.32 Å². The maximum Gasteiger partial charge on any atom is 0.230 e. The largest absolute Gasteiger partial charge is 0.355 e. The van der Waals surface area contributed by atoms with Crippen molar-refractivity contribution in [2.24, 2.45) is 5.92 Å². The van der Waals surface area contributed by atoms with E-state index < -0.39 is 0 Å². The van der Waals surface area contributed by atoms with E-state index in [1.54, 1.807) is 0 Å². The average molecular weight is 303 g/mol. The van der Waals surface area contributed by atoms with Crippen molar-refractivity contribution in [3.63, 3.8) is 0 Å². The molecule has 4 nitrogen and oxygen atoms in total. The van der Waals surface area contributed by atoms with Gasteiger partial charge in [-0.2, -0.15) is 0 Å². The molecule has 21 heavy (non-hydrogen) atoms. The van der Waals surface area contributed by atoms with Crippen LogP contribution in [0.25, 0.3) is 5.52 Å².